The first-order valence-corrected chi connectivity index (χ1v) is 7.01. The molecule has 19 heavy (non-hydrogen) atoms. The van der Waals surface area contributed by atoms with Crippen LogP contribution in [0.15, 0.2) is 18.2 Å². The molecule has 104 valence electrons. The van der Waals surface area contributed by atoms with Crippen LogP contribution in [-0.2, 0) is 0 Å². The lowest BCUT2D eigenvalue weighted by Gasteiger charge is -2.35. The van der Waals surface area contributed by atoms with Crippen LogP contribution in [0.2, 0.25) is 5.02 Å². The third-order valence-corrected chi connectivity index (χ3v) is 3.81. The zero-order valence-corrected chi connectivity index (χ0v) is 11.6. The first-order chi connectivity index (χ1) is 9.13. The number of nitrogens with zero attached hydrogens (tertiary/aromatic N) is 1. The highest BCUT2D eigenvalue weighted by molar-refractivity contribution is 6.30. The summed E-state index contributed by atoms with van der Waals surface area (Å²) in [6.45, 7) is 1.30. The van der Waals surface area contributed by atoms with E-state index < -0.39 is 0 Å². The number of amides is 1. The van der Waals surface area contributed by atoms with E-state index in [0.29, 0.717) is 17.1 Å². The number of piperidine rings is 1. The normalized spacial score (nSPS) is 19.5. The molecule has 0 bridgehead atoms. The van der Waals surface area contributed by atoms with Crippen molar-refractivity contribution in [3.63, 3.8) is 0 Å². The molecule has 0 aromatic heterocycles. The number of rotatable bonds is 3. The van der Waals surface area contributed by atoms with Gasteiger partial charge in [-0.1, -0.05) is 11.6 Å². The molecule has 1 aromatic carbocycles. The highest BCUT2D eigenvalue weighted by Gasteiger charge is 2.28. The highest BCUT2D eigenvalue weighted by Crippen LogP contribution is 2.27. The summed E-state index contributed by atoms with van der Waals surface area (Å²) in [5.41, 5.74) is 5.92. The number of carbonyl (C=O) groups excluding carboxylic acids is 1. The van der Waals surface area contributed by atoms with E-state index in [2.05, 4.69) is 0 Å². The third-order valence-electron chi connectivity index (χ3n) is 3.58. The predicted molar refractivity (Wildman–Crippen MR) is 75.5 cm³/mol. The predicted octanol–water partition coefficient (Wildman–Crippen LogP) is 2.39. The van der Waals surface area contributed by atoms with Crippen LogP contribution in [0.3, 0.4) is 0 Å². The second kappa shape index (κ2) is 6.26. The number of likely N-dealkylation sites (tertiary alicyclic amines) is 1. The van der Waals surface area contributed by atoms with E-state index in [1.165, 1.54) is 6.07 Å². The van der Waals surface area contributed by atoms with Gasteiger partial charge in [0.1, 0.15) is 5.75 Å². The molecule has 2 rings (SSSR count). The molecule has 3 N–H and O–H groups in total. The van der Waals surface area contributed by atoms with Gasteiger partial charge in [-0.25, -0.2) is 0 Å². The fraction of sp³-hybridized carbons (Fsp3) is 0.500. The van der Waals surface area contributed by atoms with Crippen molar-refractivity contribution < 1.29 is 9.90 Å². The number of carbonyl (C=O) groups is 1. The maximum atomic E-state index is 12.5. The number of hydrogen-bond donors (Lipinski definition) is 2. The lowest BCUT2D eigenvalue weighted by Crippen LogP contribution is -2.44. The van der Waals surface area contributed by atoms with E-state index >= 15 is 0 Å². The summed E-state index contributed by atoms with van der Waals surface area (Å²) >= 11 is 5.78. The summed E-state index contributed by atoms with van der Waals surface area (Å²) in [5.74, 6) is -0.193. The Kier molecular flexibility index (Phi) is 4.66. The molecule has 1 aliphatic rings. The molecule has 4 nitrogen and oxygen atoms in total. The van der Waals surface area contributed by atoms with Crippen LogP contribution in [-0.4, -0.2) is 35.0 Å². The maximum Gasteiger partial charge on any atom is 0.257 e. The van der Waals surface area contributed by atoms with Gasteiger partial charge in [0.15, 0.2) is 0 Å². The quantitative estimate of drug-likeness (QED) is 0.894. The van der Waals surface area contributed by atoms with E-state index in [0.717, 1.165) is 32.2 Å². The number of phenolic OH excluding ortho intramolecular Hbond substituents is 1. The van der Waals surface area contributed by atoms with Crippen LogP contribution in [0.4, 0.5) is 0 Å². The summed E-state index contributed by atoms with van der Waals surface area (Å²) in [6.07, 6.45) is 3.92. The van der Waals surface area contributed by atoms with Crippen molar-refractivity contribution in [3.05, 3.63) is 28.8 Å². The zero-order chi connectivity index (χ0) is 13.8. The number of halogens is 1. The lowest BCUT2D eigenvalue weighted by atomic mass is 9.98. The Balaban J connectivity index is 2.21. The second-order valence-corrected chi connectivity index (χ2v) is 5.32. The largest absolute Gasteiger partial charge is 0.507 e. The van der Waals surface area contributed by atoms with Crippen molar-refractivity contribution >= 4 is 17.5 Å². The summed E-state index contributed by atoms with van der Waals surface area (Å²) < 4.78 is 0. The monoisotopic (exact) mass is 282 g/mol. The molecule has 5 heteroatoms. The first-order valence-electron chi connectivity index (χ1n) is 6.63. The Labute approximate surface area is 118 Å². The molecule has 1 aliphatic heterocycles. The van der Waals surface area contributed by atoms with Gasteiger partial charge in [0, 0.05) is 17.6 Å². The minimum Gasteiger partial charge on any atom is -0.507 e. The smallest absolute Gasteiger partial charge is 0.257 e. The number of phenols is 1. The maximum absolute atomic E-state index is 12.5. The molecule has 1 aromatic rings. The summed E-state index contributed by atoms with van der Waals surface area (Å²) in [7, 11) is 0. The fourth-order valence-electron chi connectivity index (χ4n) is 2.60. The minimum absolute atomic E-state index is 0.0606. The Morgan fingerprint density at radius 3 is 2.95 bits per heavy atom. The van der Waals surface area contributed by atoms with Crippen LogP contribution in [0.1, 0.15) is 36.0 Å². The Bertz CT molecular complexity index is 463. The molecule has 1 atom stereocenters. The average Bonchev–Trinajstić information content (AvgIpc) is 2.39. The molecular formula is C14H19ClN2O2. The van der Waals surface area contributed by atoms with Gasteiger partial charge in [-0.05, 0) is 50.4 Å². The Morgan fingerprint density at radius 1 is 1.47 bits per heavy atom. The Hall–Kier alpha value is -1.26. The third kappa shape index (κ3) is 3.19. The van der Waals surface area contributed by atoms with Gasteiger partial charge in [-0.15, -0.1) is 0 Å². The van der Waals surface area contributed by atoms with Crippen molar-refractivity contribution in [1.82, 2.24) is 4.90 Å². The van der Waals surface area contributed by atoms with Gasteiger partial charge < -0.3 is 15.7 Å². The lowest BCUT2D eigenvalue weighted by molar-refractivity contribution is 0.0602. The summed E-state index contributed by atoms with van der Waals surface area (Å²) in [4.78, 5) is 14.3. The van der Waals surface area contributed by atoms with Gasteiger partial charge in [-0.3, -0.25) is 4.79 Å². The van der Waals surface area contributed by atoms with Crippen LogP contribution in [0.25, 0.3) is 0 Å². The first kappa shape index (κ1) is 14.2. The van der Waals surface area contributed by atoms with E-state index in [9.17, 15) is 9.90 Å². The van der Waals surface area contributed by atoms with Crippen molar-refractivity contribution in [2.24, 2.45) is 5.73 Å². The van der Waals surface area contributed by atoms with Crippen molar-refractivity contribution in [1.29, 1.82) is 0 Å². The molecule has 1 fully saturated rings. The van der Waals surface area contributed by atoms with E-state index in [1.807, 2.05) is 4.90 Å². The molecule has 0 saturated carbocycles. The standard InChI is InChI=1S/C14H19ClN2O2/c15-10-4-5-12(13(18)9-10)14(19)17-8-2-1-3-11(17)6-7-16/h4-5,9,11,18H,1-3,6-8,16H2. The van der Waals surface area contributed by atoms with E-state index in [4.69, 9.17) is 17.3 Å². The van der Waals surface area contributed by atoms with Gasteiger partial charge in [0.2, 0.25) is 0 Å². The number of nitrogens with two attached hydrogens (primary N) is 1. The van der Waals surface area contributed by atoms with Gasteiger partial charge in [0.05, 0.1) is 5.56 Å². The number of aromatic hydroxyl groups is 1. The van der Waals surface area contributed by atoms with Crippen molar-refractivity contribution in [2.45, 2.75) is 31.7 Å². The summed E-state index contributed by atoms with van der Waals surface area (Å²) in [6, 6.07) is 4.78. The van der Waals surface area contributed by atoms with Crippen LogP contribution < -0.4 is 5.73 Å². The SMILES string of the molecule is NCCC1CCCCN1C(=O)c1ccc(Cl)cc1O. The van der Waals surface area contributed by atoms with Crippen LogP contribution in [0.5, 0.6) is 5.75 Å². The topological polar surface area (TPSA) is 66.6 Å². The fourth-order valence-corrected chi connectivity index (χ4v) is 2.77. The van der Waals surface area contributed by atoms with Gasteiger partial charge >= 0.3 is 0 Å². The van der Waals surface area contributed by atoms with Crippen molar-refractivity contribution in [3.8, 4) is 5.75 Å². The van der Waals surface area contributed by atoms with E-state index in [1.54, 1.807) is 12.1 Å². The molecule has 1 heterocycles. The zero-order valence-electron chi connectivity index (χ0n) is 10.8. The van der Waals surface area contributed by atoms with Crippen molar-refractivity contribution in [2.75, 3.05) is 13.1 Å². The molecular weight excluding hydrogens is 264 g/mol. The van der Waals surface area contributed by atoms with Gasteiger partial charge in [0.25, 0.3) is 5.91 Å². The summed E-state index contributed by atoms with van der Waals surface area (Å²) in [5, 5.41) is 10.3. The van der Waals surface area contributed by atoms with E-state index in [-0.39, 0.29) is 17.7 Å². The van der Waals surface area contributed by atoms with Crippen LogP contribution >= 0.6 is 11.6 Å². The highest BCUT2D eigenvalue weighted by atomic mass is 35.5. The Morgan fingerprint density at radius 2 is 2.26 bits per heavy atom. The molecule has 0 radical (unpaired) electrons. The average molecular weight is 283 g/mol. The molecule has 1 amide bonds. The molecule has 1 saturated heterocycles. The molecule has 0 aliphatic carbocycles. The number of benzene rings is 1. The van der Waals surface area contributed by atoms with Gasteiger partial charge in [-0.2, -0.15) is 0 Å². The number of hydrogen-bond acceptors (Lipinski definition) is 3. The molecule has 0 spiro atoms. The minimum atomic E-state index is -0.132. The van der Waals surface area contributed by atoms with Crippen LogP contribution in [0, 0.1) is 0 Å². The molecule has 1 unspecified atom stereocenters. The second-order valence-electron chi connectivity index (χ2n) is 4.89.